The molecule has 0 amide bonds. The van der Waals surface area contributed by atoms with Gasteiger partial charge in [-0.3, -0.25) is 0 Å². The van der Waals surface area contributed by atoms with Crippen LogP contribution in [0.4, 0.5) is 13.2 Å². The average molecular weight is 411 g/mol. The Balaban J connectivity index is 2.46. The lowest BCUT2D eigenvalue weighted by molar-refractivity contribution is 0.487. The summed E-state index contributed by atoms with van der Waals surface area (Å²) in [6.07, 6.45) is 0.835. The lowest BCUT2D eigenvalue weighted by Crippen LogP contribution is -2.25. The minimum atomic E-state index is -0.905. The molecule has 6 heteroatoms. The first-order valence-electron chi connectivity index (χ1n) is 6.14. The van der Waals surface area contributed by atoms with Crippen LogP contribution in [-0.4, -0.2) is 6.54 Å². The van der Waals surface area contributed by atoms with Crippen molar-refractivity contribution < 1.29 is 13.2 Å². The van der Waals surface area contributed by atoms with Gasteiger partial charge in [0.15, 0.2) is 0 Å². The van der Waals surface area contributed by atoms with E-state index in [1.807, 2.05) is 18.4 Å². The van der Waals surface area contributed by atoms with Crippen molar-refractivity contribution in [1.82, 2.24) is 5.32 Å². The Morgan fingerprint density at radius 3 is 2.35 bits per heavy atom. The number of rotatable bonds is 5. The van der Waals surface area contributed by atoms with Crippen LogP contribution in [0, 0.1) is 20.3 Å². The van der Waals surface area contributed by atoms with Crippen LogP contribution >= 0.6 is 33.9 Å². The molecule has 0 aliphatic carbocycles. The Bertz CT molecular complexity index is 577. The van der Waals surface area contributed by atoms with E-state index in [4.69, 9.17) is 0 Å². The Morgan fingerprint density at radius 2 is 1.85 bits per heavy atom. The van der Waals surface area contributed by atoms with Crippen LogP contribution in [0.1, 0.15) is 30.5 Å². The van der Waals surface area contributed by atoms with Gasteiger partial charge in [-0.2, -0.15) is 0 Å². The molecule has 1 atom stereocenters. The van der Waals surface area contributed by atoms with Gasteiger partial charge in [-0.15, -0.1) is 11.3 Å². The zero-order valence-electron chi connectivity index (χ0n) is 10.7. The second kappa shape index (κ2) is 6.91. The van der Waals surface area contributed by atoms with Crippen molar-refractivity contribution in [3.63, 3.8) is 0 Å². The van der Waals surface area contributed by atoms with E-state index in [2.05, 4.69) is 27.9 Å². The van der Waals surface area contributed by atoms with E-state index in [1.165, 1.54) is 11.3 Å². The summed E-state index contributed by atoms with van der Waals surface area (Å²) in [7, 11) is 0. The molecule has 2 aromatic rings. The third-order valence-electron chi connectivity index (χ3n) is 2.85. The minimum absolute atomic E-state index is 0.131. The monoisotopic (exact) mass is 411 g/mol. The third kappa shape index (κ3) is 3.53. The van der Waals surface area contributed by atoms with Crippen molar-refractivity contribution in [3.8, 4) is 0 Å². The zero-order valence-corrected chi connectivity index (χ0v) is 13.7. The average Bonchev–Trinajstić information content (AvgIpc) is 2.78. The normalized spacial score (nSPS) is 12.7. The van der Waals surface area contributed by atoms with Crippen molar-refractivity contribution in [1.29, 1.82) is 0 Å². The van der Waals surface area contributed by atoms with Crippen LogP contribution in [0.2, 0.25) is 0 Å². The lowest BCUT2D eigenvalue weighted by Gasteiger charge is -2.19. The predicted octanol–water partition coefficient (Wildman–Crippen LogP) is 4.86. The summed E-state index contributed by atoms with van der Waals surface area (Å²) < 4.78 is 42.0. The SMILES string of the molecule is CCCNC(c1csc(I)c1)c1c(F)cc(F)cc1F. The van der Waals surface area contributed by atoms with Gasteiger partial charge < -0.3 is 5.32 Å². The van der Waals surface area contributed by atoms with Crippen molar-refractivity contribution in [2.45, 2.75) is 19.4 Å². The molecule has 0 bridgehead atoms. The molecule has 1 aromatic heterocycles. The van der Waals surface area contributed by atoms with E-state index in [-0.39, 0.29) is 5.56 Å². The maximum Gasteiger partial charge on any atom is 0.134 e. The third-order valence-corrected chi connectivity index (χ3v) is 4.66. The first-order valence-corrected chi connectivity index (χ1v) is 8.10. The fourth-order valence-electron chi connectivity index (χ4n) is 1.98. The molecule has 1 aromatic carbocycles. The Morgan fingerprint density at radius 1 is 1.20 bits per heavy atom. The molecule has 1 unspecified atom stereocenters. The molecule has 108 valence electrons. The first kappa shape index (κ1) is 15.8. The van der Waals surface area contributed by atoms with Gasteiger partial charge in [0.05, 0.1) is 8.93 Å². The fourth-order valence-corrected chi connectivity index (χ4v) is 3.38. The molecule has 1 N–H and O–H groups in total. The zero-order chi connectivity index (χ0) is 14.7. The summed E-state index contributed by atoms with van der Waals surface area (Å²) in [5.74, 6) is -2.63. The summed E-state index contributed by atoms with van der Waals surface area (Å²) in [5.41, 5.74) is 0.659. The van der Waals surface area contributed by atoms with Crippen LogP contribution in [0.25, 0.3) is 0 Å². The lowest BCUT2D eigenvalue weighted by atomic mass is 9.99. The maximum atomic E-state index is 14.0. The topological polar surface area (TPSA) is 12.0 Å². The highest BCUT2D eigenvalue weighted by Gasteiger charge is 2.23. The second-order valence-corrected chi connectivity index (χ2v) is 7.16. The van der Waals surface area contributed by atoms with Crippen molar-refractivity contribution in [2.75, 3.05) is 6.54 Å². The molecule has 2 rings (SSSR count). The van der Waals surface area contributed by atoms with E-state index in [1.54, 1.807) is 0 Å². The largest absolute Gasteiger partial charge is 0.306 e. The predicted molar refractivity (Wildman–Crippen MR) is 83.5 cm³/mol. The van der Waals surface area contributed by atoms with Gasteiger partial charge in [0.25, 0.3) is 0 Å². The van der Waals surface area contributed by atoms with Crippen LogP contribution in [0.3, 0.4) is 0 Å². The maximum absolute atomic E-state index is 14.0. The van der Waals surface area contributed by atoms with E-state index in [0.717, 1.165) is 27.0 Å². The smallest absolute Gasteiger partial charge is 0.134 e. The van der Waals surface area contributed by atoms with E-state index < -0.39 is 23.5 Å². The van der Waals surface area contributed by atoms with Gasteiger partial charge in [-0.1, -0.05) is 6.92 Å². The summed E-state index contributed by atoms with van der Waals surface area (Å²) in [6, 6.07) is 2.71. The van der Waals surface area contributed by atoms with Gasteiger partial charge in [0, 0.05) is 17.7 Å². The Hall–Kier alpha value is -0.600. The highest BCUT2D eigenvalue weighted by atomic mass is 127. The van der Waals surface area contributed by atoms with Gasteiger partial charge >= 0.3 is 0 Å². The van der Waals surface area contributed by atoms with Crippen molar-refractivity contribution in [2.24, 2.45) is 0 Å². The Kier molecular flexibility index (Phi) is 5.45. The van der Waals surface area contributed by atoms with Gasteiger partial charge in [-0.05, 0) is 52.6 Å². The summed E-state index contributed by atoms with van der Waals surface area (Å²) in [4.78, 5) is 0. The van der Waals surface area contributed by atoms with E-state index in [9.17, 15) is 13.2 Å². The molecule has 0 aliphatic heterocycles. The molecule has 1 heterocycles. The number of thiophene rings is 1. The molecular weight excluding hydrogens is 398 g/mol. The second-order valence-electron chi connectivity index (χ2n) is 4.35. The van der Waals surface area contributed by atoms with E-state index in [0.29, 0.717) is 6.54 Å². The molecule has 20 heavy (non-hydrogen) atoms. The standard InChI is InChI=1S/C14H13F3INS/c1-2-3-19-14(8-4-12(18)20-7-8)13-10(16)5-9(15)6-11(13)17/h4-7,14,19H,2-3H2,1H3. The molecule has 0 saturated carbocycles. The molecule has 1 nitrogen and oxygen atoms in total. The quantitative estimate of drug-likeness (QED) is 0.694. The molecule has 0 spiro atoms. The van der Waals surface area contributed by atoms with Crippen molar-refractivity contribution >= 4 is 33.9 Å². The van der Waals surface area contributed by atoms with E-state index >= 15 is 0 Å². The molecule has 0 radical (unpaired) electrons. The van der Waals surface area contributed by atoms with Crippen LogP contribution in [0.15, 0.2) is 23.6 Å². The highest BCUT2D eigenvalue weighted by molar-refractivity contribution is 14.1. The number of benzene rings is 1. The molecule has 0 aliphatic rings. The molecule has 0 saturated heterocycles. The van der Waals surface area contributed by atoms with Gasteiger partial charge in [-0.25, -0.2) is 13.2 Å². The van der Waals surface area contributed by atoms with Crippen LogP contribution < -0.4 is 5.32 Å². The van der Waals surface area contributed by atoms with Crippen LogP contribution in [-0.2, 0) is 0 Å². The van der Waals surface area contributed by atoms with Crippen molar-refractivity contribution in [3.05, 3.63) is 55.0 Å². The summed E-state index contributed by atoms with van der Waals surface area (Å²) in [6.45, 7) is 2.59. The molecule has 0 fully saturated rings. The minimum Gasteiger partial charge on any atom is -0.306 e. The number of nitrogens with one attached hydrogen (secondary N) is 1. The van der Waals surface area contributed by atoms with Gasteiger partial charge in [0.1, 0.15) is 17.5 Å². The number of hydrogen-bond acceptors (Lipinski definition) is 2. The fraction of sp³-hybridized carbons (Fsp3) is 0.286. The number of hydrogen-bond donors (Lipinski definition) is 1. The first-order chi connectivity index (χ1) is 9.52. The summed E-state index contributed by atoms with van der Waals surface area (Å²) in [5, 5.41) is 4.98. The summed E-state index contributed by atoms with van der Waals surface area (Å²) >= 11 is 3.66. The molecular formula is C14H13F3INS. The Labute approximate surface area is 133 Å². The van der Waals surface area contributed by atoms with Crippen LogP contribution in [0.5, 0.6) is 0 Å². The highest BCUT2D eigenvalue weighted by Crippen LogP contribution is 2.31. The number of halogens is 4. The van der Waals surface area contributed by atoms with Gasteiger partial charge in [0.2, 0.25) is 0 Å².